The van der Waals surface area contributed by atoms with Crippen molar-refractivity contribution in [3.63, 3.8) is 0 Å². The number of hydrogen-bond donors (Lipinski definition) is 2. The number of rotatable bonds is 8. The van der Waals surface area contributed by atoms with E-state index in [1.807, 2.05) is 31.2 Å². The summed E-state index contributed by atoms with van der Waals surface area (Å²) in [5, 5.41) is 6.79. The maximum Gasteiger partial charge on any atom is 0.251 e. The van der Waals surface area contributed by atoms with E-state index in [1.165, 1.54) is 0 Å². The topological polar surface area (TPSA) is 104 Å². The number of aryl methyl sites for hydroxylation is 1. The lowest BCUT2D eigenvalue weighted by Crippen LogP contribution is -2.43. The van der Waals surface area contributed by atoms with Crippen molar-refractivity contribution in [1.29, 1.82) is 0 Å². The number of carbonyl (C=O) groups excluding carboxylic acids is 1. The van der Waals surface area contributed by atoms with Crippen LogP contribution in [-0.4, -0.2) is 60.1 Å². The van der Waals surface area contributed by atoms with Gasteiger partial charge in [0.2, 0.25) is 5.95 Å². The molecule has 2 aromatic carbocycles. The molecule has 0 bridgehead atoms. The van der Waals surface area contributed by atoms with Crippen molar-refractivity contribution in [2.24, 2.45) is 0 Å². The normalized spacial score (nSPS) is 15.2. The van der Waals surface area contributed by atoms with Gasteiger partial charge >= 0.3 is 0 Å². The first-order valence-corrected chi connectivity index (χ1v) is 15.5. The number of carbonyl (C=O) groups is 1. The summed E-state index contributed by atoms with van der Waals surface area (Å²) in [7, 11) is -1.28. The number of anilines is 2. The van der Waals surface area contributed by atoms with Crippen LogP contribution in [0.2, 0.25) is 5.02 Å². The van der Waals surface area contributed by atoms with Crippen LogP contribution in [0.15, 0.2) is 48.7 Å². The first-order valence-electron chi connectivity index (χ1n) is 13.5. The number of hydrogen-bond acceptors (Lipinski definition) is 7. The van der Waals surface area contributed by atoms with Crippen molar-refractivity contribution in [3.05, 3.63) is 81.6 Å². The number of nitrogens with one attached hydrogen (secondary N) is 2. The van der Waals surface area contributed by atoms with Crippen molar-refractivity contribution < 1.29 is 13.2 Å². The lowest BCUT2D eigenvalue weighted by Gasteiger charge is -2.29. The number of halogens is 1. The Bertz CT molecular complexity index is 1460. The van der Waals surface area contributed by atoms with Crippen LogP contribution in [-0.2, 0) is 22.0 Å². The van der Waals surface area contributed by atoms with Crippen molar-refractivity contribution in [2.45, 2.75) is 63.5 Å². The summed E-state index contributed by atoms with van der Waals surface area (Å²) in [5.41, 5.74) is 4.62. The predicted molar refractivity (Wildman–Crippen MR) is 161 cm³/mol. The van der Waals surface area contributed by atoms with E-state index in [0.29, 0.717) is 28.5 Å². The summed E-state index contributed by atoms with van der Waals surface area (Å²) in [6.07, 6.45) is 4.18. The molecule has 3 aromatic rings. The second-order valence-electron chi connectivity index (χ2n) is 11.6. The molecule has 214 valence electrons. The predicted octanol–water partition coefficient (Wildman–Crippen LogP) is 5.31. The molecular weight excluding hydrogens is 546 g/mol. The third kappa shape index (κ3) is 7.59. The first-order chi connectivity index (χ1) is 18.8. The van der Waals surface area contributed by atoms with Crippen molar-refractivity contribution in [2.75, 3.05) is 25.5 Å². The molecule has 0 radical (unpaired) electrons. The molecule has 40 heavy (non-hydrogen) atoms. The Morgan fingerprint density at radius 2 is 1.77 bits per heavy atom. The van der Waals surface area contributed by atoms with E-state index in [9.17, 15) is 13.2 Å². The molecule has 1 aliphatic rings. The summed E-state index contributed by atoms with van der Waals surface area (Å²) >= 11 is 6.36. The third-order valence-electron chi connectivity index (χ3n) is 7.29. The summed E-state index contributed by atoms with van der Waals surface area (Å²) in [6.45, 7) is 9.00. The smallest absolute Gasteiger partial charge is 0.251 e. The molecule has 2 heterocycles. The molecule has 4 rings (SSSR count). The molecule has 2 N–H and O–H groups in total. The fraction of sp³-hybridized carbons (Fsp3) is 0.433. The molecule has 0 aliphatic carbocycles. The van der Waals surface area contributed by atoms with Crippen LogP contribution in [0, 0.1) is 6.92 Å². The second kappa shape index (κ2) is 12.2. The fourth-order valence-electron chi connectivity index (χ4n) is 4.44. The van der Waals surface area contributed by atoms with Gasteiger partial charge in [-0.3, -0.25) is 4.79 Å². The van der Waals surface area contributed by atoms with E-state index >= 15 is 0 Å². The van der Waals surface area contributed by atoms with E-state index in [0.717, 1.165) is 48.4 Å². The zero-order valence-corrected chi connectivity index (χ0v) is 25.4. The van der Waals surface area contributed by atoms with E-state index in [4.69, 9.17) is 16.6 Å². The standard InChI is InChI=1S/C30H38ClN5O3S/c1-20-18-32-29(34-24-9-7-22(8-10-24)28(37)33-25-12-14-36(5)15-13-25)35-27(20)17-21-6-11-26(31)23(16-21)19-40(38,39)30(2,3)4/h6-11,16,18,25H,12-15,17,19H2,1-5H3,(H,33,37)(H,32,34,35). The average molecular weight is 584 g/mol. The van der Waals surface area contributed by atoms with Gasteiger partial charge in [-0.05, 0) is 108 Å². The molecule has 0 spiro atoms. The van der Waals surface area contributed by atoms with E-state index in [-0.39, 0.29) is 17.7 Å². The summed E-state index contributed by atoms with van der Waals surface area (Å²) in [5.74, 6) is 0.256. The summed E-state index contributed by atoms with van der Waals surface area (Å²) < 4.78 is 24.7. The minimum atomic E-state index is -3.38. The van der Waals surface area contributed by atoms with Gasteiger partial charge in [0.25, 0.3) is 5.91 Å². The Balaban J connectivity index is 1.43. The molecule has 1 saturated heterocycles. The Morgan fingerprint density at radius 1 is 1.10 bits per heavy atom. The fourth-order valence-corrected chi connectivity index (χ4v) is 5.78. The SMILES string of the molecule is Cc1cnc(Nc2ccc(C(=O)NC3CCN(C)CC3)cc2)nc1Cc1ccc(Cl)c(CS(=O)(=O)C(C)(C)C)c1. The largest absolute Gasteiger partial charge is 0.349 e. The van der Waals surface area contributed by atoms with Gasteiger partial charge < -0.3 is 15.5 Å². The minimum absolute atomic E-state index is 0.0624. The molecule has 1 amide bonds. The van der Waals surface area contributed by atoms with Crippen LogP contribution in [0.1, 0.15) is 66.4 Å². The quantitative estimate of drug-likeness (QED) is 0.370. The molecule has 0 atom stereocenters. The number of piperidine rings is 1. The van der Waals surface area contributed by atoms with Crippen LogP contribution in [0.5, 0.6) is 0 Å². The number of nitrogens with zero attached hydrogens (tertiary/aromatic N) is 3. The van der Waals surface area contributed by atoms with Crippen LogP contribution in [0.3, 0.4) is 0 Å². The van der Waals surface area contributed by atoms with E-state index in [2.05, 4.69) is 27.6 Å². The number of aromatic nitrogens is 2. The molecule has 1 fully saturated rings. The van der Waals surface area contributed by atoms with E-state index in [1.54, 1.807) is 45.2 Å². The molecule has 0 unspecified atom stereocenters. The number of amides is 1. The Labute approximate surface area is 242 Å². The van der Waals surface area contributed by atoms with Gasteiger partial charge in [0, 0.05) is 34.9 Å². The van der Waals surface area contributed by atoms with Gasteiger partial charge in [-0.2, -0.15) is 0 Å². The zero-order valence-electron chi connectivity index (χ0n) is 23.8. The lowest BCUT2D eigenvalue weighted by molar-refractivity contribution is 0.0917. The van der Waals surface area contributed by atoms with Gasteiger partial charge in [0.1, 0.15) is 0 Å². The monoisotopic (exact) mass is 583 g/mol. The summed E-state index contributed by atoms with van der Waals surface area (Å²) in [6, 6.07) is 13.0. The van der Waals surface area contributed by atoms with Gasteiger partial charge in [-0.1, -0.05) is 23.7 Å². The van der Waals surface area contributed by atoms with Crippen LogP contribution in [0.25, 0.3) is 0 Å². The minimum Gasteiger partial charge on any atom is -0.349 e. The molecule has 1 aliphatic heterocycles. The maximum atomic E-state index is 12.8. The molecular formula is C30H38ClN5O3S. The average Bonchev–Trinajstić information content (AvgIpc) is 2.89. The van der Waals surface area contributed by atoms with Crippen LogP contribution in [0.4, 0.5) is 11.6 Å². The highest BCUT2D eigenvalue weighted by atomic mass is 35.5. The van der Waals surface area contributed by atoms with Crippen LogP contribution < -0.4 is 10.6 Å². The number of sulfone groups is 1. The second-order valence-corrected chi connectivity index (χ2v) is 14.7. The first kappa shape index (κ1) is 30.0. The van der Waals surface area contributed by atoms with Crippen molar-refractivity contribution in [3.8, 4) is 0 Å². The molecule has 8 nitrogen and oxygen atoms in total. The highest BCUT2D eigenvalue weighted by molar-refractivity contribution is 7.91. The van der Waals surface area contributed by atoms with Crippen LogP contribution >= 0.6 is 11.6 Å². The van der Waals surface area contributed by atoms with Gasteiger partial charge in [0.05, 0.1) is 16.2 Å². The Morgan fingerprint density at radius 3 is 2.42 bits per heavy atom. The zero-order chi connectivity index (χ0) is 29.1. The molecule has 10 heteroatoms. The highest BCUT2D eigenvalue weighted by Gasteiger charge is 2.29. The van der Waals surface area contributed by atoms with Gasteiger partial charge in [0.15, 0.2) is 9.84 Å². The Hall–Kier alpha value is -3.01. The van der Waals surface area contributed by atoms with Crippen molar-refractivity contribution in [1.82, 2.24) is 20.2 Å². The third-order valence-corrected chi connectivity index (χ3v) is 10.2. The Kier molecular flexibility index (Phi) is 9.17. The highest BCUT2D eigenvalue weighted by Crippen LogP contribution is 2.27. The summed E-state index contributed by atoms with van der Waals surface area (Å²) in [4.78, 5) is 24.1. The van der Waals surface area contributed by atoms with Gasteiger partial charge in [-0.25, -0.2) is 18.4 Å². The maximum absolute atomic E-state index is 12.8. The number of benzene rings is 2. The molecule has 1 aromatic heterocycles. The van der Waals surface area contributed by atoms with Gasteiger partial charge in [-0.15, -0.1) is 0 Å². The lowest BCUT2D eigenvalue weighted by atomic mass is 10.0. The van der Waals surface area contributed by atoms with E-state index < -0.39 is 14.6 Å². The number of likely N-dealkylation sites (tertiary alicyclic amines) is 1. The van der Waals surface area contributed by atoms with Crippen molar-refractivity contribution >= 4 is 39.0 Å². The molecule has 0 saturated carbocycles.